The van der Waals surface area contributed by atoms with Crippen LogP contribution in [0.2, 0.25) is 0 Å². The second-order valence-electron chi connectivity index (χ2n) is 3.95. The number of hydrogen-bond acceptors (Lipinski definition) is 3. The van der Waals surface area contributed by atoms with Crippen LogP contribution in [-0.4, -0.2) is 18.5 Å². The van der Waals surface area contributed by atoms with Gasteiger partial charge in [-0.25, -0.2) is 0 Å². The van der Waals surface area contributed by atoms with Gasteiger partial charge in [0.25, 0.3) is 0 Å². The van der Waals surface area contributed by atoms with Gasteiger partial charge in [-0.2, -0.15) is 0 Å². The number of nitrogens with zero attached hydrogens (tertiary/aromatic N) is 1. The number of benzene rings is 1. The highest BCUT2D eigenvalue weighted by Gasteiger charge is 2.27. The fourth-order valence-corrected chi connectivity index (χ4v) is 1.90. The molecule has 4 nitrogen and oxygen atoms in total. The summed E-state index contributed by atoms with van der Waals surface area (Å²) in [7, 11) is 0. The SMILES string of the molecule is CC(C)N1C(=O)CNc2cccc(N)c21. The smallest absolute Gasteiger partial charge is 0.246 e. The maximum Gasteiger partial charge on any atom is 0.246 e. The molecule has 0 unspecified atom stereocenters. The number of hydrogen-bond donors (Lipinski definition) is 2. The zero-order valence-electron chi connectivity index (χ0n) is 8.95. The molecule has 0 fully saturated rings. The summed E-state index contributed by atoms with van der Waals surface area (Å²) in [5, 5.41) is 3.07. The first-order valence-electron chi connectivity index (χ1n) is 5.05. The Labute approximate surface area is 89.1 Å². The van der Waals surface area contributed by atoms with Crippen molar-refractivity contribution in [2.45, 2.75) is 19.9 Å². The minimum absolute atomic E-state index is 0.0652. The van der Waals surface area contributed by atoms with Crippen molar-refractivity contribution < 1.29 is 4.79 Å². The van der Waals surface area contributed by atoms with E-state index in [1.54, 1.807) is 4.90 Å². The predicted octanol–water partition coefficient (Wildman–Crippen LogP) is 1.44. The Morgan fingerprint density at radius 3 is 2.87 bits per heavy atom. The highest BCUT2D eigenvalue weighted by Crippen LogP contribution is 2.35. The summed E-state index contributed by atoms with van der Waals surface area (Å²) in [4.78, 5) is 13.5. The summed E-state index contributed by atoms with van der Waals surface area (Å²) in [5.74, 6) is 0.0652. The van der Waals surface area contributed by atoms with Crippen LogP contribution in [0.3, 0.4) is 0 Å². The Morgan fingerprint density at radius 2 is 2.20 bits per heavy atom. The first-order chi connectivity index (χ1) is 7.11. The molecule has 0 saturated carbocycles. The minimum atomic E-state index is 0.0652. The van der Waals surface area contributed by atoms with Gasteiger partial charge in [0.05, 0.1) is 23.6 Å². The summed E-state index contributed by atoms with van der Waals surface area (Å²) >= 11 is 0. The van der Waals surface area contributed by atoms with Gasteiger partial charge in [-0.15, -0.1) is 0 Å². The van der Waals surface area contributed by atoms with E-state index in [4.69, 9.17) is 5.73 Å². The maximum atomic E-state index is 11.8. The number of carbonyl (C=O) groups is 1. The molecule has 1 aliphatic rings. The van der Waals surface area contributed by atoms with Gasteiger partial charge >= 0.3 is 0 Å². The first kappa shape index (κ1) is 9.83. The summed E-state index contributed by atoms with van der Waals surface area (Å²) in [6, 6.07) is 5.76. The molecule has 4 heteroatoms. The van der Waals surface area contributed by atoms with Crippen molar-refractivity contribution in [1.82, 2.24) is 0 Å². The van der Waals surface area contributed by atoms with Crippen LogP contribution in [0.1, 0.15) is 13.8 Å². The third-order valence-electron chi connectivity index (χ3n) is 2.52. The van der Waals surface area contributed by atoms with E-state index in [-0.39, 0.29) is 11.9 Å². The van der Waals surface area contributed by atoms with Gasteiger partial charge in [0.15, 0.2) is 0 Å². The van der Waals surface area contributed by atoms with Crippen LogP contribution in [0.25, 0.3) is 0 Å². The molecule has 0 radical (unpaired) electrons. The second-order valence-corrected chi connectivity index (χ2v) is 3.95. The van der Waals surface area contributed by atoms with E-state index >= 15 is 0 Å². The van der Waals surface area contributed by atoms with Crippen molar-refractivity contribution >= 4 is 23.0 Å². The van der Waals surface area contributed by atoms with Crippen LogP contribution in [-0.2, 0) is 4.79 Å². The van der Waals surface area contributed by atoms with E-state index in [0.717, 1.165) is 11.4 Å². The van der Waals surface area contributed by atoms with Crippen LogP contribution < -0.4 is 16.0 Å². The van der Waals surface area contributed by atoms with Gasteiger partial charge in [0.2, 0.25) is 5.91 Å². The molecule has 1 aromatic rings. The van der Waals surface area contributed by atoms with Gasteiger partial charge < -0.3 is 16.0 Å². The fourth-order valence-electron chi connectivity index (χ4n) is 1.90. The van der Waals surface area contributed by atoms with E-state index in [1.807, 2.05) is 32.0 Å². The Bertz CT molecular complexity index is 401. The molecule has 0 aromatic heterocycles. The van der Waals surface area contributed by atoms with E-state index < -0.39 is 0 Å². The van der Waals surface area contributed by atoms with Gasteiger partial charge in [-0.3, -0.25) is 4.79 Å². The van der Waals surface area contributed by atoms with Crippen LogP contribution in [0.15, 0.2) is 18.2 Å². The molecule has 0 saturated heterocycles. The molecule has 1 amide bonds. The maximum absolute atomic E-state index is 11.8. The number of anilines is 3. The molecule has 3 N–H and O–H groups in total. The summed E-state index contributed by atoms with van der Waals surface area (Å²) in [6.07, 6.45) is 0. The van der Waals surface area contributed by atoms with Gasteiger partial charge in [0.1, 0.15) is 0 Å². The number of nitrogens with one attached hydrogen (secondary N) is 1. The van der Waals surface area contributed by atoms with Crippen molar-refractivity contribution in [3.8, 4) is 0 Å². The molecule has 1 aliphatic heterocycles. The lowest BCUT2D eigenvalue weighted by molar-refractivity contribution is -0.117. The van der Waals surface area contributed by atoms with Crippen LogP contribution in [0, 0.1) is 0 Å². The summed E-state index contributed by atoms with van der Waals surface area (Å²) in [5.41, 5.74) is 8.28. The van der Waals surface area contributed by atoms with Gasteiger partial charge in [-0.05, 0) is 26.0 Å². The Hall–Kier alpha value is -1.71. The van der Waals surface area contributed by atoms with E-state index in [9.17, 15) is 4.79 Å². The predicted molar refractivity (Wildman–Crippen MR) is 62.0 cm³/mol. The quantitative estimate of drug-likeness (QED) is 0.682. The lowest BCUT2D eigenvalue weighted by Gasteiger charge is -2.34. The van der Waals surface area contributed by atoms with Crippen LogP contribution in [0.5, 0.6) is 0 Å². The van der Waals surface area contributed by atoms with Crippen molar-refractivity contribution in [1.29, 1.82) is 0 Å². The van der Waals surface area contributed by atoms with Crippen molar-refractivity contribution in [2.75, 3.05) is 22.5 Å². The Balaban J connectivity index is 2.55. The van der Waals surface area contributed by atoms with Crippen molar-refractivity contribution in [3.63, 3.8) is 0 Å². The molecule has 0 spiro atoms. The van der Waals surface area contributed by atoms with Gasteiger partial charge in [-0.1, -0.05) is 6.07 Å². The lowest BCUT2D eigenvalue weighted by Crippen LogP contribution is -2.44. The monoisotopic (exact) mass is 205 g/mol. The van der Waals surface area contributed by atoms with Gasteiger partial charge in [0, 0.05) is 6.04 Å². The molecule has 1 aromatic carbocycles. The van der Waals surface area contributed by atoms with E-state index in [1.165, 1.54) is 0 Å². The summed E-state index contributed by atoms with van der Waals surface area (Å²) in [6.45, 7) is 4.31. The van der Waals surface area contributed by atoms with E-state index in [2.05, 4.69) is 5.32 Å². The highest BCUT2D eigenvalue weighted by atomic mass is 16.2. The number of nitrogens with two attached hydrogens (primary N) is 1. The minimum Gasteiger partial charge on any atom is -0.397 e. The molecule has 15 heavy (non-hydrogen) atoms. The van der Waals surface area contributed by atoms with Crippen molar-refractivity contribution in [2.24, 2.45) is 0 Å². The fraction of sp³-hybridized carbons (Fsp3) is 0.364. The zero-order chi connectivity index (χ0) is 11.0. The molecular weight excluding hydrogens is 190 g/mol. The molecule has 2 rings (SSSR count). The van der Waals surface area contributed by atoms with Crippen molar-refractivity contribution in [3.05, 3.63) is 18.2 Å². The normalized spacial score (nSPS) is 15.1. The number of rotatable bonds is 1. The van der Waals surface area contributed by atoms with Crippen LogP contribution >= 0.6 is 0 Å². The molecule has 80 valence electrons. The lowest BCUT2D eigenvalue weighted by atomic mass is 10.1. The molecular formula is C11H15N3O. The average molecular weight is 205 g/mol. The number of amides is 1. The second kappa shape index (κ2) is 3.46. The number of carbonyl (C=O) groups excluding carboxylic acids is 1. The highest BCUT2D eigenvalue weighted by molar-refractivity contribution is 6.06. The molecule has 0 aliphatic carbocycles. The number of fused-ring (bicyclic) bond motifs is 1. The Morgan fingerprint density at radius 1 is 1.47 bits per heavy atom. The Kier molecular flexibility index (Phi) is 2.26. The average Bonchev–Trinajstić information content (AvgIpc) is 2.18. The number of para-hydroxylation sites is 1. The first-order valence-corrected chi connectivity index (χ1v) is 5.05. The molecule has 0 bridgehead atoms. The van der Waals surface area contributed by atoms with E-state index in [0.29, 0.717) is 12.2 Å². The topological polar surface area (TPSA) is 58.4 Å². The van der Waals surface area contributed by atoms with Crippen LogP contribution in [0.4, 0.5) is 17.1 Å². The third kappa shape index (κ3) is 1.52. The summed E-state index contributed by atoms with van der Waals surface area (Å²) < 4.78 is 0. The number of nitrogen functional groups attached to an aromatic ring is 1. The third-order valence-corrected chi connectivity index (χ3v) is 2.52. The molecule has 0 atom stereocenters. The largest absolute Gasteiger partial charge is 0.397 e. The molecule has 1 heterocycles. The standard InChI is InChI=1S/C11H15N3O/c1-7(2)14-10(15)6-13-9-5-3-4-8(12)11(9)14/h3-5,7,13H,6,12H2,1-2H3. The zero-order valence-corrected chi connectivity index (χ0v) is 8.95.